The number of anilines is 1. The Hall–Kier alpha value is -1.53. The number of amides is 2. The number of likely N-dealkylation sites (tertiary alicyclic amines) is 1. The van der Waals surface area contributed by atoms with E-state index in [0.29, 0.717) is 6.04 Å². The van der Waals surface area contributed by atoms with Crippen molar-refractivity contribution in [2.45, 2.75) is 49.6 Å². The minimum atomic E-state index is -0.189. The zero-order valence-electron chi connectivity index (χ0n) is 15.0. The number of nitrogens with zero attached hydrogens (tertiary/aromatic N) is 1. The third-order valence-corrected chi connectivity index (χ3v) is 5.81. The zero-order chi connectivity index (χ0) is 17.8. The van der Waals surface area contributed by atoms with Gasteiger partial charge >= 0.3 is 0 Å². The van der Waals surface area contributed by atoms with Crippen LogP contribution < -0.4 is 10.6 Å². The lowest BCUT2D eigenvalue weighted by atomic mass is 9.95. The monoisotopic (exact) mass is 361 g/mol. The summed E-state index contributed by atoms with van der Waals surface area (Å²) in [6.07, 6.45) is 5.93. The van der Waals surface area contributed by atoms with Crippen LogP contribution in [0.15, 0.2) is 29.2 Å². The Bertz CT molecular complexity index is 625. The number of carbonyl (C=O) groups excluding carboxylic acids is 2. The average Bonchev–Trinajstić information content (AvgIpc) is 3.45. The lowest BCUT2D eigenvalue weighted by Crippen LogP contribution is -2.48. The molecular formula is C19H27N3O2S. The Balaban J connectivity index is 1.48. The van der Waals surface area contributed by atoms with Gasteiger partial charge < -0.3 is 10.6 Å². The lowest BCUT2D eigenvalue weighted by molar-refractivity contribution is -0.127. The van der Waals surface area contributed by atoms with Crippen molar-refractivity contribution < 1.29 is 9.59 Å². The second kappa shape index (κ2) is 8.23. The molecule has 2 amide bonds. The molecule has 0 spiro atoms. The van der Waals surface area contributed by atoms with Crippen molar-refractivity contribution in [3.8, 4) is 0 Å². The molecule has 136 valence electrons. The van der Waals surface area contributed by atoms with E-state index in [-0.39, 0.29) is 23.8 Å². The summed E-state index contributed by atoms with van der Waals surface area (Å²) in [6, 6.07) is 8.12. The van der Waals surface area contributed by atoms with Gasteiger partial charge in [-0.15, -0.1) is 11.8 Å². The minimum absolute atomic E-state index is 0.0131. The number of carbonyl (C=O) groups is 2. The topological polar surface area (TPSA) is 61.4 Å². The van der Waals surface area contributed by atoms with Crippen LogP contribution >= 0.6 is 11.8 Å². The van der Waals surface area contributed by atoms with Crippen molar-refractivity contribution >= 4 is 29.3 Å². The smallest absolute Gasteiger partial charge is 0.241 e. The van der Waals surface area contributed by atoms with E-state index in [1.165, 1.54) is 0 Å². The zero-order valence-corrected chi connectivity index (χ0v) is 15.8. The first-order chi connectivity index (χ1) is 12.1. The highest BCUT2D eigenvalue weighted by Gasteiger charge is 2.32. The van der Waals surface area contributed by atoms with E-state index >= 15 is 0 Å². The van der Waals surface area contributed by atoms with Crippen LogP contribution in [0.4, 0.5) is 5.69 Å². The molecule has 1 unspecified atom stereocenters. The number of thioether (sulfide) groups is 1. The third-order valence-electron chi connectivity index (χ3n) is 5.09. The highest BCUT2D eigenvalue weighted by molar-refractivity contribution is 7.98. The Morgan fingerprint density at radius 1 is 1.20 bits per heavy atom. The first-order valence-electron chi connectivity index (χ1n) is 9.06. The van der Waals surface area contributed by atoms with Crippen LogP contribution in [0.2, 0.25) is 0 Å². The number of benzene rings is 1. The van der Waals surface area contributed by atoms with Gasteiger partial charge in [-0.25, -0.2) is 0 Å². The van der Waals surface area contributed by atoms with Gasteiger partial charge in [-0.1, -0.05) is 6.07 Å². The third kappa shape index (κ3) is 4.98. The molecule has 1 aromatic rings. The molecule has 1 aromatic carbocycles. The van der Waals surface area contributed by atoms with Crippen LogP contribution in [0, 0.1) is 5.92 Å². The molecule has 1 heterocycles. The van der Waals surface area contributed by atoms with Crippen molar-refractivity contribution in [2.75, 3.05) is 24.7 Å². The van der Waals surface area contributed by atoms with Crippen LogP contribution in [-0.2, 0) is 9.59 Å². The van der Waals surface area contributed by atoms with E-state index in [4.69, 9.17) is 0 Å². The molecule has 1 aliphatic heterocycles. The van der Waals surface area contributed by atoms with Gasteiger partial charge in [0, 0.05) is 22.5 Å². The molecule has 1 aliphatic carbocycles. The van der Waals surface area contributed by atoms with Crippen molar-refractivity contribution in [2.24, 2.45) is 5.92 Å². The Kier molecular flexibility index (Phi) is 6.02. The predicted octanol–water partition coefficient (Wildman–Crippen LogP) is 2.73. The number of piperidine rings is 1. The average molecular weight is 362 g/mol. The van der Waals surface area contributed by atoms with E-state index in [1.54, 1.807) is 11.8 Å². The predicted molar refractivity (Wildman–Crippen MR) is 102 cm³/mol. The Morgan fingerprint density at radius 2 is 1.92 bits per heavy atom. The highest BCUT2D eigenvalue weighted by Crippen LogP contribution is 2.24. The van der Waals surface area contributed by atoms with Crippen LogP contribution in [0.5, 0.6) is 0 Å². The summed E-state index contributed by atoms with van der Waals surface area (Å²) in [5.74, 6) is 0.317. The molecule has 2 N–H and O–H groups in total. The molecule has 2 fully saturated rings. The Morgan fingerprint density at radius 3 is 2.56 bits per heavy atom. The Labute approximate surface area is 153 Å². The number of nitrogens with one attached hydrogen (secondary N) is 2. The van der Waals surface area contributed by atoms with Crippen molar-refractivity contribution in [1.82, 2.24) is 10.2 Å². The molecular weight excluding hydrogens is 334 g/mol. The van der Waals surface area contributed by atoms with Crippen molar-refractivity contribution in [1.29, 1.82) is 0 Å². The van der Waals surface area contributed by atoms with E-state index in [9.17, 15) is 9.59 Å². The molecule has 6 heteroatoms. The van der Waals surface area contributed by atoms with Crippen LogP contribution in [0.25, 0.3) is 0 Å². The molecule has 1 atom stereocenters. The summed E-state index contributed by atoms with van der Waals surface area (Å²) >= 11 is 1.66. The minimum Gasteiger partial charge on any atom is -0.353 e. The molecule has 2 aliphatic rings. The summed E-state index contributed by atoms with van der Waals surface area (Å²) in [7, 11) is 0. The van der Waals surface area contributed by atoms with Gasteiger partial charge in [0.2, 0.25) is 11.8 Å². The lowest BCUT2D eigenvalue weighted by Gasteiger charge is -2.34. The van der Waals surface area contributed by atoms with E-state index in [2.05, 4.69) is 15.5 Å². The number of rotatable bonds is 6. The molecule has 1 saturated heterocycles. The van der Waals surface area contributed by atoms with Crippen LogP contribution in [0.1, 0.15) is 32.6 Å². The van der Waals surface area contributed by atoms with Gasteiger partial charge in [-0.3, -0.25) is 14.5 Å². The van der Waals surface area contributed by atoms with Crippen molar-refractivity contribution in [3.05, 3.63) is 24.3 Å². The molecule has 0 aromatic heterocycles. The van der Waals surface area contributed by atoms with Crippen LogP contribution in [0.3, 0.4) is 0 Å². The van der Waals surface area contributed by atoms with Gasteiger partial charge in [-0.2, -0.15) is 0 Å². The van der Waals surface area contributed by atoms with Gasteiger partial charge in [0.05, 0.1) is 6.04 Å². The van der Waals surface area contributed by atoms with Gasteiger partial charge in [-0.05, 0) is 70.2 Å². The normalized spacial score (nSPS) is 20.1. The van der Waals surface area contributed by atoms with E-state index in [0.717, 1.165) is 49.4 Å². The maximum absolute atomic E-state index is 12.5. The van der Waals surface area contributed by atoms with Gasteiger partial charge in [0.15, 0.2) is 0 Å². The molecule has 25 heavy (non-hydrogen) atoms. The summed E-state index contributed by atoms with van der Waals surface area (Å²) < 4.78 is 0. The SMILES string of the molecule is CSc1cccc(NC(=O)C(C)N2CCC(C(=O)NC3CC3)CC2)c1. The van der Waals surface area contributed by atoms with Crippen LogP contribution in [-0.4, -0.2) is 48.1 Å². The first-order valence-corrected chi connectivity index (χ1v) is 10.3. The molecule has 5 nitrogen and oxygen atoms in total. The molecule has 3 rings (SSSR count). The van der Waals surface area contributed by atoms with Crippen molar-refractivity contribution in [3.63, 3.8) is 0 Å². The second-order valence-corrected chi connectivity index (χ2v) is 7.87. The largest absolute Gasteiger partial charge is 0.353 e. The number of hydrogen-bond acceptors (Lipinski definition) is 4. The summed E-state index contributed by atoms with van der Waals surface area (Å²) in [5.41, 5.74) is 0.836. The highest BCUT2D eigenvalue weighted by atomic mass is 32.2. The fraction of sp³-hybridized carbons (Fsp3) is 0.579. The van der Waals surface area contributed by atoms with Gasteiger partial charge in [0.1, 0.15) is 0 Å². The quantitative estimate of drug-likeness (QED) is 0.765. The molecule has 1 saturated carbocycles. The summed E-state index contributed by atoms with van der Waals surface area (Å²) in [6.45, 7) is 3.53. The number of hydrogen-bond donors (Lipinski definition) is 2. The van der Waals surface area contributed by atoms with Gasteiger partial charge in [0.25, 0.3) is 0 Å². The standard InChI is InChI=1S/C19H27N3O2S/c1-13(18(23)21-16-4-3-5-17(12-16)25-2)22-10-8-14(9-11-22)19(24)20-15-6-7-15/h3-5,12-15H,6-11H2,1-2H3,(H,20,24)(H,21,23). The molecule has 0 bridgehead atoms. The van der Waals surface area contributed by atoms with E-state index < -0.39 is 0 Å². The van der Waals surface area contributed by atoms with E-state index in [1.807, 2.05) is 37.4 Å². The maximum atomic E-state index is 12.5. The maximum Gasteiger partial charge on any atom is 0.241 e. The summed E-state index contributed by atoms with van der Waals surface area (Å²) in [4.78, 5) is 28.0. The fourth-order valence-electron chi connectivity index (χ4n) is 3.21. The summed E-state index contributed by atoms with van der Waals surface area (Å²) in [5, 5.41) is 6.10. The first kappa shape index (κ1) is 18.3. The fourth-order valence-corrected chi connectivity index (χ4v) is 3.67. The molecule has 0 radical (unpaired) electrons. The second-order valence-electron chi connectivity index (χ2n) is 6.99.